The molecule has 2 unspecified atom stereocenters. The lowest BCUT2D eigenvalue weighted by atomic mass is 10.2. The molecule has 1 aliphatic heterocycles. The largest absolute Gasteiger partial charge is 0.394 e. The van der Waals surface area contributed by atoms with Gasteiger partial charge in [0.25, 0.3) is 5.56 Å². The zero-order valence-electron chi connectivity index (χ0n) is 12.4. The standard InChI is InChI=1S/C14H17N5O3/c1-8-5-18-13(21)11-12(17(2)14(18)16-8)19(7-15-11)10-4-3-9(6-20)22-10/h5,7,9-10,20H,3-4,6H2,1-2H3. The van der Waals surface area contributed by atoms with Crippen LogP contribution >= 0.6 is 0 Å². The fraction of sp³-hybridized carbons (Fsp3) is 0.500. The van der Waals surface area contributed by atoms with Gasteiger partial charge in [0.1, 0.15) is 6.23 Å². The maximum Gasteiger partial charge on any atom is 0.287 e. The van der Waals surface area contributed by atoms with E-state index < -0.39 is 0 Å². The molecular weight excluding hydrogens is 286 g/mol. The van der Waals surface area contributed by atoms with E-state index in [1.54, 1.807) is 12.5 Å². The molecule has 1 N–H and O–H groups in total. The first-order chi connectivity index (χ1) is 10.6. The summed E-state index contributed by atoms with van der Waals surface area (Å²) >= 11 is 0. The highest BCUT2D eigenvalue weighted by molar-refractivity contribution is 5.73. The Balaban J connectivity index is 1.96. The summed E-state index contributed by atoms with van der Waals surface area (Å²) < 4.78 is 11.0. The van der Waals surface area contributed by atoms with Gasteiger partial charge in [0.05, 0.1) is 24.7 Å². The lowest BCUT2D eigenvalue weighted by molar-refractivity contribution is -0.0208. The van der Waals surface area contributed by atoms with Crippen LogP contribution in [-0.2, 0) is 11.8 Å². The van der Waals surface area contributed by atoms with Crippen LogP contribution in [0.4, 0.5) is 0 Å². The number of fused-ring (bicyclic) bond motifs is 2. The molecule has 0 spiro atoms. The molecule has 0 saturated carbocycles. The zero-order valence-corrected chi connectivity index (χ0v) is 12.4. The van der Waals surface area contributed by atoms with E-state index in [1.807, 2.05) is 23.1 Å². The van der Waals surface area contributed by atoms with Crippen LogP contribution in [0.5, 0.6) is 0 Å². The summed E-state index contributed by atoms with van der Waals surface area (Å²) in [5.74, 6) is 0.577. The second-order valence-electron chi connectivity index (χ2n) is 5.71. The molecule has 22 heavy (non-hydrogen) atoms. The van der Waals surface area contributed by atoms with Gasteiger partial charge in [-0.1, -0.05) is 0 Å². The van der Waals surface area contributed by atoms with Crippen molar-refractivity contribution in [3.63, 3.8) is 0 Å². The Morgan fingerprint density at radius 2 is 2.27 bits per heavy atom. The van der Waals surface area contributed by atoms with E-state index in [0.717, 1.165) is 18.5 Å². The van der Waals surface area contributed by atoms with Crippen LogP contribution in [0, 0.1) is 6.92 Å². The summed E-state index contributed by atoms with van der Waals surface area (Å²) in [5, 5.41) is 9.22. The van der Waals surface area contributed by atoms with Gasteiger partial charge in [-0.05, 0) is 19.8 Å². The second kappa shape index (κ2) is 4.65. The Bertz CT molecular complexity index is 922. The predicted octanol–water partition coefficient (Wildman–Crippen LogP) is 0.361. The van der Waals surface area contributed by atoms with Gasteiger partial charge in [-0.25, -0.2) is 14.4 Å². The number of imidazole rings is 2. The first kappa shape index (κ1) is 13.5. The molecule has 0 amide bonds. The second-order valence-corrected chi connectivity index (χ2v) is 5.71. The van der Waals surface area contributed by atoms with Gasteiger partial charge in [0, 0.05) is 13.2 Å². The van der Waals surface area contributed by atoms with E-state index >= 15 is 0 Å². The summed E-state index contributed by atoms with van der Waals surface area (Å²) in [6.45, 7) is 1.86. The summed E-state index contributed by atoms with van der Waals surface area (Å²) in [7, 11) is 1.86. The van der Waals surface area contributed by atoms with Gasteiger partial charge < -0.3 is 9.84 Å². The number of nitrogens with zero attached hydrogens (tertiary/aromatic N) is 5. The van der Waals surface area contributed by atoms with E-state index in [0.29, 0.717) is 16.9 Å². The topological polar surface area (TPSA) is 86.6 Å². The van der Waals surface area contributed by atoms with Crippen molar-refractivity contribution < 1.29 is 9.84 Å². The average molecular weight is 303 g/mol. The Morgan fingerprint density at radius 3 is 3.00 bits per heavy atom. The minimum atomic E-state index is -0.216. The quantitative estimate of drug-likeness (QED) is 0.739. The predicted molar refractivity (Wildman–Crippen MR) is 78.7 cm³/mol. The number of ether oxygens (including phenoxy) is 1. The molecule has 1 saturated heterocycles. The van der Waals surface area contributed by atoms with Gasteiger partial charge in [0.2, 0.25) is 5.78 Å². The smallest absolute Gasteiger partial charge is 0.287 e. The number of hydrogen-bond acceptors (Lipinski definition) is 5. The number of aliphatic hydroxyl groups excluding tert-OH is 1. The van der Waals surface area contributed by atoms with Crippen LogP contribution < -0.4 is 5.56 Å². The molecule has 4 heterocycles. The maximum atomic E-state index is 12.6. The van der Waals surface area contributed by atoms with E-state index in [-0.39, 0.29) is 24.5 Å². The number of rotatable bonds is 2. The third-order valence-electron chi connectivity index (χ3n) is 4.21. The van der Waals surface area contributed by atoms with E-state index in [2.05, 4.69) is 9.97 Å². The van der Waals surface area contributed by atoms with Crippen molar-refractivity contribution in [2.24, 2.45) is 7.05 Å². The van der Waals surface area contributed by atoms with Crippen LogP contribution in [-0.4, -0.2) is 41.3 Å². The number of hydrogen-bond donors (Lipinski definition) is 1. The third-order valence-corrected chi connectivity index (χ3v) is 4.21. The van der Waals surface area contributed by atoms with Crippen LogP contribution in [0.3, 0.4) is 0 Å². The van der Waals surface area contributed by atoms with Gasteiger partial charge in [-0.15, -0.1) is 0 Å². The summed E-state index contributed by atoms with van der Waals surface area (Å²) in [6, 6.07) is 0. The van der Waals surface area contributed by atoms with Gasteiger partial charge in [-0.3, -0.25) is 13.9 Å². The Morgan fingerprint density at radius 1 is 1.45 bits per heavy atom. The van der Waals surface area contributed by atoms with Crippen LogP contribution in [0.15, 0.2) is 17.3 Å². The highest BCUT2D eigenvalue weighted by Gasteiger charge is 2.28. The van der Waals surface area contributed by atoms with Crippen LogP contribution in [0.25, 0.3) is 16.9 Å². The fourth-order valence-corrected chi connectivity index (χ4v) is 3.15. The highest BCUT2D eigenvalue weighted by atomic mass is 16.5. The molecule has 0 bridgehead atoms. The molecule has 8 heteroatoms. The average Bonchev–Trinajstić information content (AvgIpc) is 3.21. The summed E-state index contributed by atoms with van der Waals surface area (Å²) in [4.78, 5) is 21.2. The van der Waals surface area contributed by atoms with Crippen molar-refractivity contribution in [1.82, 2.24) is 23.5 Å². The molecule has 1 fully saturated rings. The lowest BCUT2D eigenvalue weighted by Gasteiger charge is -2.16. The minimum absolute atomic E-state index is 0.00571. The van der Waals surface area contributed by atoms with E-state index in [9.17, 15) is 9.90 Å². The Hall–Kier alpha value is -2.19. The SMILES string of the molecule is Cc1cn2c(=O)c3ncn(C4CCC(CO)O4)c3n(C)c2n1. The molecule has 2 atom stereocenters. The van der Waals surface area contributed by atoms with Gasteiger partial charge in [0.15, 0.2) is 11.2 Å². The maximum absolute atomic E-state index is 12.6. The van der Waals surface area contributed by atoms with Crippen LogP contribution in [0.1, 0.15) is 24.8 Å². The summed E-state index contributed by atoms with van der Waals surface area (Å²) in [6.07, 6.45) is 4.54. The molecule has 0 aromatic carbocycles. The number of aromatic nitrogens is 5. The van der Waals surface area contributed by atoms with Gasteiger partial charge in [-0.2, -0.15) is 0 Å². The van der Waals surface area contributed by atoms with E-state index in [4.69, 9.17) is 4.74 Å². The van der Waals surface area contributed by atoms with Crippen LogP contribution in [0.2, 0.25) is 0 Å². The third kappa shape index (κ3) is 1.74. The molecule has 4 rings (SSSR count). The monoisotopic (exact) mass is 303 g/mol. The van der Waals surface area contributed by atoms with Crippen molar-refractivity contribution in [2.75, 3.05) is 6.61 Å². The Kier molecular flexibility index (Phi) is 2.85. The summed E-state index contributed by atoms with van der Waals surface area (Å²) in [5.41, 5.74) is 1.68. The highest BCUT2D eigenvalue weighted by Crippen LogP contribution is 2.30. The molecule has 116 valence electrons. The van der Waals surface area contributed by atoms with Gasteiger partial charge >= 0.3 is 0 Å². The van der Waals surface area contributed by atoms with Crippen molar-refractivity contribution in [3.05, 3.63) is 28.6 Å². The molecule has 0 radical (unpaired) electrons. The van der Waals surface area contributed by atoms with Crippen molar-refractivity contribution in [1.29, 1.82) is 0 Å². The molecule has 3 aromatic rings. The first-order valence-electron chi connectivity index (χ1n) is 7.27. The number of aliphatic hydroxyl groups is 1. The zero-order chi connectivity index (χ0) is 15.4. The fourth-order valence-electron chi connectivity index (χ4n) is 3.15. The van der Waals surface area contributed by atoms with E-state index in [1.165, 1.54) is 4.40 Å². The first-order valence-corrected chi connectivity index (χ1v) is 7.27. The van der Waals surface area contributed by atoms with Crippen molar-refractivity contribution >= 4 is 16.9 Å². The van der Waals surface area contributed by atoms with Crippen molar-refractivity contribution in [2.45, 2.75) is 32.1 Å². The lowest BCUT2D eigenvalue weighted by Crippen LogP contribution is -2.20. The molecule has 8 nitrogen and oxygen atoms in total. The molecule has 0 aliphatic carbocycles. The Labute approximate surface area is 125 Å². The molecule has 1 aliphatic rings. The molecular formula is C14H17N5O3. The number of aryl methyl sites for hydroxylation is 2. The molecule has 3 aromatic heterocycles. The normalized spacial score (nSPS) is 22.1. The van der Waals surface area contributed by atoms with Crippen molar-refractivity contribution in [3.8, 4) is 0 Å². The minimum Gasteiger partial charge on any atom is -0.394 e.